The smallest absolute Gasteiger partial charge is 0.382 e. The van der Waals surface area contributed by atoms with Crippen molar-refractivity contribution in [3.05, 3.63) is 22.2 Å². The zero-order valence-corrected chi connectivity index (χ0v) is 22.5. The van der Waals surface area contributed by atoms with E-state index in [-0.39, 0.29) is 37.4 Å². The van der Waals surface area contributed by atoms with Crippen molar-refractivity contribution in [3.63, 3.8) is 0 Å². The van der Waals surface area contributed by atoms with Gasteiger partial charge in [-0.1, -0.05) is 11.8 Å². The predicted molar refractivity (Wildman–Crippen MR) is 123 cm³/mol. The third-order valence-electron chi connectivity index (χ3n) is 4.40. The molecule has 24 heteroatoms. The summed E-state index contributed by atoms with van der Waals surface area (Å²) in [5.41, 5.74) is 4.88. The van der Waals surface area contributed by atoms with Gasteiger partial charge in [-0.2, -0.15) is 26.8 Å². The number of nitrogens with two attached hydrogens (primary N) is 1. The number of rotatable bonds is 12. The Morgan fingerprint density at radius 3 is 2.50 bits per heavy atom. The lowest BCUT2D eigenvalue weighted by Gasteiger charge is -2.19. The molecule has 1 saturated heterocycles. The second-order valence-electron chi connectivity index (χ2n) is 7.51. The molecule has 0 radical (unpaired) electrons. The molecule has 7 N–H and O–H groups in total. The minimum absolute atomic E-state index is 0.0499. The molecule has 0 saturated carbocycles. The minimum atomic E-state index is -5.69. The largest absolute Gasteiger partial charge is 0.490 e. The van der Waals surface area contributed by atoms with E-state index in [4.69, 9.17) is 29.9 Å². The first-order valence-electron chi connectivity index (χ1n) is 10.5. The number of carbonyl (C=O) groups excluding carboxylic acids is 1. The lowest BCUT2D eigenvalue weighted by Crippen LogP contribution is -2.38. The van der Waals surface area contributed by atoms with Crippen LogP contribution in [0.15, 0.2) is 11.0 Å². The molecule has 40 heavy (non-hydrogen) atoms. The van der Waals surface area contributed by atoms with Crippen molar-refractivity contribution < 1.29 is 73.9 Å². The highest BCUT2D eigenvalue weighted by atomic mass is 31.3. The van der Waals surface area contributed by atoms with Gasteiger partial charge in [0, 0.05) is 12.7 Å². The summed E-state index contributed by atoms with van der Waals surface area (Å²) in [6.45, 7) is -1.69. The van der Waals surface area contributed by atoms with Gasteiger partial charge < -0.3 is 40.1 Å². The summed E-state index contributed by atoms with van der Waals surface area (Å²) in [5, 5.41) is 1.60. The van der Waals surface area contributed by atoms with Crippen LogP contribution in [0.5, 0.6) is 0 Å². The third kappa shape index (κ3) is 11.7. The maximum absolute atomic E-state index is 12.3. The number of nitrogen functional groups attached to an aromatic ring is 1. The number of halogens is 3. The summed E-state index contributed by atoms with van der Waals surface area (Å²) in [6.07, 6.45) is -5.48. The third-order valence-corrected chi connectivity index (χ3v) is 8.21. The summed E-state index contributed by atoms with van der Waals surface area (Å²) in [7, 11) is -16.6. The van der Waals surface area contributed by atoms with Crippen LogP contribution < -0.4 is 16.7 Å². The van der Waals surface area contributed by atoms with E-state index in [1.165, 1.54) is 6.20 Å². The zero-order valence-electron chi connectivity index (χ0n) is 19.8. The van der Waals surface area contributed by atoms with E-state index in [1.807, 2.05) is 0 Å². The highest BCUT2D eigenvalue weighted by Crippen LogP contribution is 2.66. The number of anilines is 1. The molecule has 4 unspecified atom stereocenters. The van der Waals surface area contributed by atoms with Gasteiger partial charge in [-0.15, -0.1) is 0 Å². The van der Waals surface area contributed by atoms with E-state index < -0.39 is 66.7 Å². The Labute approximate surface area is 222 Å². The van der Waals surface area contributed by atoms with Gasteiger partial charge in [0.1, 0.15) is 18.7 Å². The van der Waals surface area contributed by atoms with Gasteiger partial charge in [-0.3, -0.25) is 13.9 Å². The summed E-state index contributed by atoms with van der Waals surface area (Å²) < 4.78 is 93.3. The fourth-order valence-electron chi connectivity index (χ4n) is 2.87. The van der Waals surface area contributed by atoms with Gasteiger partial charge in [-0.05, 0) is 12.8 Å². The van der Waals surface area contributed by atoms with Crippen LogP contribution in [0.2, 0.25) is 0 Å². The number of alkyl halides is 3. The van der Waals surface area contributed by atoms with E-state index in [2.05, 4.69) is 30.0 Å². The summed E-state index contributed by atoms with van der Waals surface area (Å²) >= 11 is 0. The van der Waals surface area contributed by atoms with Crippen LogP contribution in [0.25, 0.3) is 0 Å². The van der Waals surface area contributed by atoms with Crippen molar-refractivity contribution in [1.29, 1.82) is 0 Å². The Hall–Kier alpha value is -2.17. The fraction of sp³-hybridized carbons (Fsp3) is 0.562. The SMILES string of the molecule is Nc1nc(=O)n(C2CCC(COP(=O)(O)OP(=O)(O)OP(=O)(O)O)O2)cc1C#CCOCCNC(=O)C(F)(F)F. The number of aromatic nitrogens is 2. The first-order valence-corrected chi connectivity index (χ1v) is 15.0. The molecule has 2 rings (SSSR count). The number of nitrogens with one attached hydrogen (secondary N) is 1. The number of phosphoric acid groups is 3. The highest BCUT2D eigenvalue weighted by molar-refractivity contribution is 7.66. The Kier molecular flexibility index (Phi) is 11.6. The maximum Gasteiger partial charge on any atom is 0.490 e. The number of carbonyl (C=O) groups is 1. The van der Waals surface area contributed by atoms with Crippen LogP contribution in [0.3, 0.4) is 0 Å². The zero-order chi connectivity index (χ0) is 30.4. The standard InChI is InChI=1S/C16H22F3N4O14P3/c17-16(18,19)14(24)21-5-7-33-6-1-2-10-8-23(15(25)22-13(10)20)12-4-3-11(35-12)9-34-39(29,30)37-40(31,32)36-38(26,27)28/h8,11-12H,3-7,9H2,(H,21,24)(H,29,30)(H,31,32)(H2,20,22,25)(H2,26,27,28). The van der Waals surface area contributed by atoms with Gasteiger partial charge in [-0.25, -0.2) is 18.5 Å². The molecular weight excluding hydrogens is 622 g/mol. The number of hydrogen-bond acceptors (Lipinski definition) is 12. The van der Waals surface area contributed by atoms with E-state index in [9.17, 15) is 41.3 Å². The minimum Gasteiger partial charge on any atom is -0.382 e. The Morgan fingerprint density at radius 1 is 1.20 bits per heavy atom. The molecule has 2 heterocycles. The molecule has 1 aliphatic rings. The monoisotopic (exact) mass is 644 g/mol. The number of ether oxygens (including phenoxy) is 2. The second-order valence-corrected chi connectivity index (χ2v) is 11.9. The normalized spacial score (nSPS) is 20.7. The van der Waals surface area contributed by atoms with Gasteiger partial charge in [0.15, 0.2) is 0 Å². The van der Waals surface area contributed by atoms with Crippen molar-refractivity contribution in [2.45, 2.75) is 31.3 Å². The molecule has 1 aromatic rings. The van der Waals surface area contributed by atoms with Gasteiger partial charge in [0.2, 0.25) is 0 Å². The number of hydrogen-bond donors (Lipinski definition) is 6. The molecule has 226 valence electrons. The average Bonchev–Trinajstić information content (AvgIpc) is 3.24. The van der Waals surface area contributed by atoms with Gasteiger partial charge >= 0.3 is 41.2 Å². The maximum atomic E-state index is 12.3. The van der Waals surface area contributed by atoms with Crippen molar-refractivity contribution in [3.8, 4) is 11.8 Å². The van der Waals surface area contributed by atoms with Crippen LogP contribution in [0, 0.1) is 11.8 Å². The summed E-state index contributed by atoms with van der Waals surface area (Å²) in [4.78, 5) is 62.3. The molecule has 18 nitrogen and oxygen atoms in total. The molecule has 4 atom stereocenters. The highest BCUT2D eigenvalue weighted by Gasteiger charge is 2.41. The first-order chi connectivity index (χ1) is 18.3. The predicted octanol–water partition coefficient (Wildman–Crippen LogP) is -0.107. The van der Waals surface area contributed by atoms with Crippen molar-refractivity contribution in [1.82, 2.24) is 14.9 Å². The fourth-order valence-corrected chi connectivity index (χ4v) is 5.92. The lowest BCUT2D eigenvalue weighted by atomic mass is 10.2. The molecule has 1 aromatic heterocycles. The first kappa shape index (κ1) is 34.0. The van der Waals surface area contributed by atoms with Crippen molar-refractivity contribution in [2.75, 3.05) is 32.1 Å². The molecule has 0 aliphatic carbocycles. The molecule has 0 bridgehead atoms. The average molecular weight is 644 g/mol. The van der Waals surface area contributed by atoms with E-state index in [0.717, 1.165) is 4.57 Å². The summed E-state index contributed by atoms with van der Waals surface area (Å²) in [5.74, 6) is 2.67. The molecule has 0 spiro atoms. The second kappa shape index (κ2) is 13.7. The molecule has 0 aromatic carbocycles. The van der Waals surface area contributed by atoms with Crippen molar-refractivity contribution in [2.24, 2.45) is 0 Å². The molecule has 1 amide bonds. The van der Waals surface area contributed by atoms with Crippen LogP contribution in [-0.2, 0) is 41.1 Å². The van der Waals surface area contributed by atoms with Crippen molar-refractivity contribution >= 4 is 35.2 Å². The van der Waals surface area contributed by atoms with E-state index in [1.54, 1.807) is 5.32 Å². The van der Waals surface area contributed by atoms with Gasteiger partial charge in [0.25, 0.3) is 0 Å². The van der Waals surface area contributed by atoms with E-state index in [0.29, 0.717) is 0 Å². The molecule has 1 aliphatic heterocycles. The van der Waals surface area contributed by atoms with Crippen LogP contribution in [0.1, 0.15) is 24.6 Å². The van der Waals surface area contributed by atoms with E-state index >= 15 is 0 Å². The van der Waals surface area contributed by atoms with Crippen LogP contribution >= 0.6 is 23.5 Å². The molecule has 1 fully saturated rings. The van der Waals surface area contributed by atoms with Crippen LogP contribution in [-0.4, -0.2) is 73.7 Å². The van der Waals surface area contributed by atoms with Gasteiger partial charge in [0.05, 0.1) is 24.9 Å². The topological polar surface area (TPSA) is 268 Å². The lowest BCUT2D eigenvalue weighted by molar-refractivity contribution is -0.173. The molecular formula is C16H22F3N4O14P3. The quantitative estimate of drug-likeness (QED) is 0.0984. The Balaban J connectivity index is 1.91. The number of nitrogens with zero attached hydrogens (tertiary/aromatic N) is 2. The number of amides is 1. The Morgan fingerprint density at radius 2 is 1.88 bits per heavy atom. The summed E-state index contributed by atoms with van der Waals surface area (Å²) in [6, 6.07) is 0. The van der Waals surface area contributed by atoms with Crippen LogP contribution in [0.4, 0.5) is 19.0 Å². The number of phosphoric ester groups is 1. The Bertz CT molecular complexity index is 1340.